The molecule has 1 aliphatic carbocycles. The molecule has 1 aliphatic heterocycles. The Bertz CT molecular complexity index is 1090. The number of carbonyl (C=O) groups excluding carboxylic acids is 1. The zero-order valence-electron chi connectivity index (χ0n) is 17.9. The van der Waals surface area contributed by atoms with Crippen molar-refractivity contribution in [3.63, 3.8) is 0 Å². The number of carbonyl (C=O) groups is 1. The first-order valence-electron chi connectivity index (χ1n) is 10.7. The van der Waals surface area contributed by atoms with Crippen LogP contribution in [0.4, 0.5) is 20.8 Å². The van der Waals surface area contributed by atoms with Gasteiger partial charge in [-0.05, 0) is 55.9 Å². The summed E-state index contributed by atoms with van der Waals surface area (Å²) in [7, 11) is 0. The number of amides is 1. The molecule has 0 radical (unpaired) electrons. The summed E-state index contributed by atoms with van der Waals surface area (Å²) in [6.45, 7) is 1.26. The molecule has 2 aliphatic rings. The van der Waals surface area contributed by atoms with Crippen molar-refractivity contribution in [2.75, 3.05) is 23.3 Å². The Morgan fingerprint density at radius 1 is 1.12 bits per heavy atom. The monoisotopic (exact) mass is 470 g/mol. The smallest absolute Gasteiger partial charge is 0.416 e. The van der Waals surface area contributed by atoms with Crippen LogP contribution in [0.2, 0.25) is 0 Å². The van der Waals surface area contributed by atoms with E-state index in [1.165, 1.54) is 6.07 Å². The summed E-state index contributed by atoms with van der Waals surface area (Å²) >= 11 is 0. The maximum absolute atomic E-state index is 13.9. The van der Waals surface area contributed by atoms with Crippen molar-refractivity contribution < 1.29 is 13.9 Å². The van der Waals surface area contributed by atoms with E-state index in [-0.39, 0.29) is 24.3 Å². The van der Waals surface area contributed by atoms with E-state index in [1.54, 1.807) is 53.8 Å². The first kappa shape index (κ1) is 22.8. The SMILES string of the molecule is Cl.O=C1OC2(CCC(CNc3cnc(-c4ccccc4F)cn3)CC2)CN1c1cccnn1. The van der Waals surface area contributed by atoms with Crippen molar-refractivity contribution in [3.8, 4) is 11.3 Å². The largest absolute Gasteiger partial charge is 0.441 e. The van der Waals surface area contributed by atoms with Crippen LogP contribution in [0.5, 0.6) is 0 Å². The molecule has 172 valence electrons. The van der Waals surface area contributed by atoms with Crippen LogP contribution in [0.1, 0.15) is 25.7 Å². The number of hydrogen-bond donors (Lipinski definition) is 1. The number of hydrogen-bond acceptors (Lipinski definition) is 7. The minimum atomic E-state index is -0.452. The van der Waals surface area contributed by atoms with E-state index in [9.17, 15) is 9.18 Å². The van der Waals surface area contributed by atoms with Crippen LogP contribution in [-0.2, 0) is 4.74 Å². The maximum atomic E-state index is 13.9. The van der Waals surface area contributed by atoms with Crippen molar-refractivity contribution in [1.82, 2.24) is 20.2 Å². The van der Waals surface area contributed by atoms with Crippen molar-refractivity contribution in [1.29, 1.82) is 0 Å². The van der Waals surface area contributed by atoms with Gasteiger partial charge in [0.2, 0.25) is 0 Å². The molecule has 0 bridgehead atoms. The number of nitrogens with zero attached hydrogens (tertiary/aromatic N) is 5. The van der Waals surface area contributed by atoms with Gasteiger partial charge in [-0.3, -0.25) is 9.88 Å². The molecule has 33 heavy (non-hydrogen) atoms. The third kappa shape index (κ3) is 4.88. The van der Waals surface area contributed by atoms with Crippen LogP contribution in [0.25, 0.3) is 11.3 Å². The fourth-order valence-corrected chi connectivity index (χ4v) is 4.38. The molecular weight excluding hydrogens is 447 g/mol. The van der Waals surface area contributed by atoms with Crippen LogP contribution in [0.3, 0.4) is 0 Å². The molecule has 10 heteroatoms. The average molecular weight is 471 g/mol. The Morgan fingerprint density at radius 2 is 1.94 bits per heavy atom. The number of rotatable bonds is 5. The lowest BCUT2D eigenvalue weighted by Gasteiger charge is -2.35. The van der Waals surface area contributed by atoms with E-state index < -0.39 is 5.60 Å². The van der Waals surface area contributed by atoms with Crippen LogP contribution < -0.4 is 10.2 Å². The zero-order valence-corrected chi connectivity index (χ0v) is 18.7. The molecule has 1 amide bonds. The molecule has 8 nitrogen and oxygen atoms in total. The van der Waals surface area contributed by atoms with Gasteiger partial charge in [0.1, 0.15) is 17.2 Å². The van der Waals surface area contributed by atoms with Crippen LogP contribution >= 0.6 is 12.4 Å². The molecule has 2 aromatic heterocycles. The summed E-state index contributed by atoms with van der Waals surface area (Å²) in [5.74, 6) is 1.31. The van der Waals surface area contributed by atoms with E-state index >= 15 is 0 Å². The lowest BCUT2D eigenvalue weighted by Crippen LogP contribution is -2.39. The third-order valence-electron chi connectivity index (χ3n) is 6.20. The minimum Gasteiger partial charge on any atom is -0.441 e. The van der Waals surface area contributed by atoms with Crippen LogP contribution in [-0.4, -0.2) is 44.9 Å². The molecule has 1 spiro atoms. The molecule has 0 atom stereocenters. The van der Waals surface area contributed by atoms with Gasteiger partial charge in [0.25, 0.3) is 0 Å². The lowest BCUT2D eigenvalue weighted by atomic mass is 9.78. The molecule has 1 saturated heterocycles. The van der Waals surface area contributed by atoms with E-state index in [0.29, 0.717) is 35.4 Å². The number of aromatic nitrogens is 4. The summed E-state index contributed by atoms with van der Waals surface area (Å²) < 4.78 is 19.7. The second-order valence-electron chi connectivity index (χ2n) is 8.31. The van der Waals surface area contributed by atoms with Gasteiger partial charge in [-0.1, -0.05) is 12.1 Å². The Hall–Kier alpha value is -3.33. The summed E-state index contributed by atoms with van der Waals surface area (Å²) in [5, 5.41) is 11.2. The number of benzene rings is 1. The Labute approximate surface area is 197 Å². The first-order valence-corrected chi connectivity index (χ1v) is 10.7. The number of nitrogens with one attached hydrogen (secondary N) is 1. The van der Waals surface area contributed by atoms with Gasteiger partial charge >= 0.3 is 6.09 Å². The van der Waals surface area contributed by atoms with E-state index in [4.69, 9.17) is 4.74 Å². The standard InChI is InChI=1S/C23H23FN6O2.ClH/c24-18-5-2-1-4-17(18)19-13-27-20(14-25-19)26-12-16-7-9-23(10-8-16)15-30(22(31)32-23)21-6-3-11-28-29-21;/h1-6,11,13-14,16H,7-10,12,15H2,(H,26,27);1H. The topological polar surface area (TPSA) is 93.1 Å². The fourth-order valence-electron chi connectivity index (χ4n) is 4.38. The van der Waals surface area contributed by atoms with Crippen molar-refractivity contribution in [3.05, 3.63) is 60.8 Å². The van der Waals surface area contributed by atoms with Gasteiger partial charge in [-0.15, -0.1) is 17.5 Å². The quantitative estimate of drug-likeness (QED) is 0.587. The Kier molecular flexibility index (Phi) is 6.69. The molecule has 0 unspecified atom stereocenters. The summed E-state index contributed by atoms with van der Waals surface area (Å²) in [5.41, 5.74) is 0.488. The predicted molar refractivity (Wildman–Crippen MR) is 124 cm³/mol. The number of ether oxygens (including phenoxy) is 1. The molecule has 5 rings (SSSR count). The highest BCUT2D eigenvalue weighted by atomic mass is 35.5. The second-order valence-corrected chi connectivity index (χ2v) is 8.31. The first-order chi connectivity index (χ1) is 15.6. The molecule has 1 aromatic carbocycles. The maximum Gasteiger partial charge on any atom is 0.416 e. The van der Waals surface area contributed by atoms with Gasteiger partial charge in [0.05, 0.1) is 24.6 Å². The van der Waals surface area contributed by atoms with Gasteiger partial charge in [-0.2, -0.15) is 5.10 Å². The van der Waals surface area contributed by atoms with Gasteiger partial charge in [0, 0.05) is 18.3 Å². The minimum absolute atomic E-state index is 0. The molecule has 3 aromatic rings. The fraction of sp³-hybridized carbons (Fsp3) is 0.348. The van der Waals surface area contributed by atoms with Gasteiger partial charge in [0.15, 0.2) is 5.82 Å². The highest BCUT2D eigenvalue weighted by Crippen LogP contribution is 2.40. The van der Waals surface area contributed by atoms with Crippen LogP contribution in [0.15, 0.2) is 55.0 Å². The molecular formula is C23H24ClFN6O2. The van der Waals surface area contributed by atoms with Crippen LogP contribution in [0, 0.1) is 11.7 Å². The zero-order chi connectivity index (χ0) is 22.0. The number of anilines is 2. The average Bonchev–Trinajstić information content (AvgIpc) is 3.16. The van der Waals surface area contributed by atoms with E-state index in [2.05, 4.69) is 25.5 Å². The van der Waals surface area contributed by atoms with Crippen molar-refractivity contribution in [2.24, 2.45) is 5.92 Å². The Balaban J connectivity index is 0.00000259. The summed E-state index contributed by atoms with van der Waals surface area (Å²) in [4.78, 5) is 22.7. The van der Waals surface area contributed by atoms with E-state index in [0.717, 1.165) is 32.2 Å². The Morgan fingerprint density at radius 3 is 2.64 bits per heavy atom. The highest BCUT2D eigenvalue weighted by molar-refractivity contribution is 5.89. The predicted octanol–water partition coefficient (Wildman–Crippen LogP) is 4.49. The number of halogens is 2. The molecule has 1 saturated carbocycles. The van der Waals surface area contributed by atoms with Gasteiger partial charge < -0.3 is 10.1 Å². The highest BCUT2D eigenvalue weighted by Gasteiger charge is 2.48. The van der Waals surface area contributed by atoms with Crippen molar-refractivity contribution in [2.45, 2.75) is 31.3 Å². The summed E-state index contributed by atoms with van der Waals surface area (Å²) in [6, 6.07) is 10.0. The normalized spacial score (nSPS) is 22.0. The molecule has 2 fully saturated rings. The van der Waals surface area contributed by atoms with Gasteiger partial charge in [-0.25, -0.2) is 14.2 Å². The lowest BCUT2D eigenvalue weighted by molar-refractivity contribution is 0.0148. The van der Waals surface area contributed by atoms with Crippen molar-refractivity contribution >= 4 is 30.1 Å². The third-order valence-corrected chi connectivity index (χ3v) is 6.20. The molecule has 3 heterocycles. The summed E-state index contributed by atoms with van der Waals surface area (Å²) in [6.07, 6.45) is 7.92. The second kappa shape index (κ2) is 9.66. The molecule has 1 N–H and O–H groups in total. The van der Waals surface area contributed by atoms with E-state index in [1.807, 2.05) is 0 Å².